The second kappa shape index (κ2) is 6.08. The molecule has 1 saturated heterocycles. The van der Waals surface area contributed by atoms with Crippen molar-refractivity contribution in [1.82, 2.24) is 9.88 Å². The van der Waals surface area contributed by atoms with Gasteiger partial charge in [0.1, 0.15) is 6.26 Å². The second-order valence-electron chi connectivity index (χ2n) is 5.62. The third-order valence-corrected chi connectivity index (χ3v) is 4.81. The van der Waals surface area contributed by atoms with Crippen LogP contribution in [0.2, 0.25) is 0 Å². The Morgan fingerprint density at radius 1 is 1.60 bits per heavy atom. The molecule has 3 rings (SSSR count). The summed E-state index contributed by atoms with van der Waals surface area (Å²) in [4.78, 5) is 8.11. The Morgan fingerprint density at radius 3 is 3.25 bits per heavy atom. The first-order valence-electron chi connectivity index (χ1n) is 7.18. The Hall–Kier alpha value is -1.17. The fourth-order valence-corrected chi connectivity index (χ4v) is 3.44. The summed E-state index contributed by atoms with van der Waals surface area (Å²) >= 11 is 1.65. The normalized spacial score (nSPS) is 22.0. The summed E-state index contributed by atoms with van der Waals surface area (Å²) in [6.07, 6.45) is 4.25. The molecule has 0 spiro atoms. The molecule has 0 saturated carbocycles. The highest BCUT2D eigenvalue weighted by molar-refractivity contribution is 7.13. The number of likely N-dealkylation sites (tertiary alicyclic amines) is 1. The van der Waals surface area contributed by atoms with E-state index in [-0.39, 0.29) is 6.04 Å². The predicted octanol–water partition coefficient (Wildman–Crippen LogP) is 2.96. The molecule has 2 aromatic heterocycles. The van der Waals surface area contributed by atoms with Gasteiger partial charge < -0.3 is 10.2 Å². The van der Waals surface area contributed by atoms with Crippen molar-refractivity contribution in [1.29, 1.82) is 0 Å². The lowest BCUT2D eigenvalue weighted by atomic mass is 9.92. The molecule has 1 aliphatic heterocycles. The molecule has 0 bridgehead atoms. The van der Waals surface area contributed by atoms with Crippen LogP contribution < -0.4 is 5.73 Å². The van der Waals surface area contributed by atoms with E-state index in [1.54, 1.807) is 17.6 Å². The molecule has 1 aliphatic rings. The standard InChI is InChI=1S/C15H21N3OS/c1-11(16)12-4-2-6-18(8-12)9-13-10-19-15(17-13)14-5-3-7-20-14/h3,5,7,10-12H,2,4,6,8-9,16H2,1H3. The lowest BCUT2D eigenvalue weighted by Gasteiger charge is -2.34. The van der Waals surface area contributed by atoms with E-state index in [0.29, 0.717) is 5.92 Å². The van der Waals surface area contributed by atoms with Gasteiger partial charge in [-0.15, -0.1) is 11.3 Å². The number of oxazole rings is 1. The third kappa shape index (κ3) is 3.11. The average Bonchev–Trinajstić information content (AvgIpc) is 3.09. The minimum absolute atomic E-state index is 0.275. The SMILES string of the molecule is CC(N)C1CCCN(Cc2coc(-c3cccs3)n2)C1. The Bertz CT molecular complexity index is 535. The molecule has 0 amide bonds. The van der Waals surface area contributed by atoms with E-state index >= 15 is 0 Å². The van der Waals surface area contributed by atoms with Crippen LogP contribution in [0.4, 0.5) is 0 Å². The van der Waals surface area contributed by atoms with Gasteiger partial charge >= 0.3 is 0 Å². The van der Waals surface area contributed by atoms with Crippen molar-refractivity contribution in [3.05, 3.63) is 29.5 Å². The fourth-order valence-electron chi connectivity index (χ4n) is 2.79. The lowest BCUT2D eigenvalue weighted by molar-refractivity contribution is 0.153. The maximum atomic E-state index is 6.03. The molecule has 4 nitrogen and oxygen atoms in total. The van der Waals surface area contributed by atoms with E-state index in [0.717, 1.165) is 36.1 Å². The van der Waals surface area contributed by atoms with Gasteiger partial charge in [0.25, 0.3) is 0 Å². The van der Waals surface area contributed by atoms with Crippen molar-refractivity contribution in [2.45, 2.75) is 32.4 Å². The number of aromatic nitrogens is 1. The topological polar surface area (TPSA) is 55.3 Å². The largest absolute Gasteiger partial charge is 0.444 e. The van der Waals surface area contributed by atoms with E-state index in [1.807, 2.05) is 17.5 Å². The minimum Gasteiger partial charge on any atom is -0.444 e. The molecule has 3 heterocycles. The van der Waals surface area contributed by atoms with Crippen LogP contribution in [0, 0.1) is 5.92 Å². The monoisotopic (exact) mass is 291 g/mol. The highest BCUT2D eigenvalue weighted by Gasteiger charge is 2.23. The number of piperidine rings is 1. The molecule has 5 heteroatoms. The quantitative estimate of drug-likeness (QED) is 0.941. The van der Waals surface area contributed by atoms with Gasteiger partial charge in [-0.2, -0.15) is 0 Å². The summed E-state index contributed by atoms with van der Waals surface area (Å²) < 4.78 is 5.57. The Kier molecular flexibility index (Phi) is 4.19. The van der Waals surface area contributed by atoms with Crippen LogP contribution >= 0.6 is 11.3 Å². The van der Waals surface area contributed by atoms with Crippen molar-refractivity contribution in [2.24, 2.45) is 11.7 Å². The zero-order valence-corrected chi connectivity index (χ0v) is 12.6. The van der Waals surface area contributed by atoms with Gasteiger partial charge in [-0.05, 0) is 43.7 Å². The first-order valence-corrected chi connectivity index (χ1v) is 8.06. The number of hydrogen-bond acceptors (Lipinski definition) is 5. The molecule has 2 unspecified atom stereocenters. The molecule has 1 fully saturated rings. The highest BCUT2D eigenvalue weighted by Crippen LogP contribution is 2.25. The smallest absolute Gasteiger partial charge is 0.236 e. The first kappa shape index (κ1) is 13.8. The van der Waals surface area contributed by atoms with Gasteiger partial charge in [0, 0.05) is 19.1 Å². The Labute approximate surface area is 123 Å². The average molecular weight is 291 g/mol. The molecule has 0 aliphatic carbocycles. The van der Waals surface area contributed by atoms with Crippen LogP contribution in [0.3, 0.4) is 0 Å². The Morgan fingerprint density at radius 2 is 2.50 bits per heavy atom. The summed E-state index contributed by atoms with van der Waals surface area (Å²) in [6.45, 7) is 5.17. The number of nitrogens with two attached hydrogens (primary N) is 1. The van der Waals surface area contributed by atoms with Crippen LogP contribution in [-0.4, -0.2) is 29.0 Å². The van der Waals surface area contributed by atoms with Gasteiger partial charge in [0.05, 0.1) is 10.6 Å². The maximum Gasteiger partial charge on any atom is 0.236 e. The zero-order chi connectivity index (χ0) is 13.9. The van der Waals surface area contributed by atoms with Crippen LogP contribution in [0.15, 0.2) is 28.2 Å². The number of rotatable bonds is 4. The Balaban J connectivity index is 1.63. The predicted molar refractivity (Wildman–Crippen MR) is 81.5 cm³/mol. The van der Waals surface area contributed by atoms with E-state index in [2.05, 4.69) is 16.8 Å². The van der Waals surface area contributed by atoms with Crippen molar-refractivity contribution in [3.8, 4) is 10.8 Å². The molecule has 0 radical (unpaired) electrons. The van der Waals surface area contributed by atoms with Crippen molar-refractivity contribution in [2.75, 3.05) is 13.1 Å². The zero-order valence-electron chi connectivity index (χ0n) is 11.8. The summed E-state index contributed by atoms with van der Waals surface area (Å²) in [7, 11) is 0. The molecule has 0 aromatic carbocycles. The highest BCUT2D eigenvalue weighted by atomic mass is 32.1. The van der Waals surface area contributed by atoms with Gasteiger partial charge in [-0.1, -0.05) is 6.07 Å². The number of nitrogens with zero attached hydrogens (tertiary/aromatic N) is 2. The van der Waals surface area contributed by atoms with Gasteiger partial charge in [0.15, 0.2) is 0 Å². The molecule has 2 N–H and O–H groups in total. The second-order valence-corrected chi connectivity index (χ2v) is 6.57. The molecule has 2 atom stereocenters. The molecular weight excluding hydrogens is 270 g/mol. The van der Waals surface area contributed by atoms with Crippen molar-refractivity contribution in [3.63, 3.8) is 0 Å². The van der Waals surface area contributed by atoms with Crippen molar-refractivity contribution >= 4 is 11.3 Å². The third-order valence-electron chi connectivity index (χ3n) is 3.95. The summed E-state index contributed by atoms with van der Waals surface area (Å²) in [5.74, 6) is 1.34. The molecule has 108 valence electrons. The summed E-state index contributed by atoms with van der Waals surface area (Å²) in [5.41, 5.74) is 7.04. The number of hydrogen-bond donors (Lipinski definition) is 1. The minimum atomic E-state index is 0.275. The first-order chi connectivity index (χ1) is 9.72. The molecule has 20 heavy (non-hydrogen) atoms. The summed E-state index contributed by atoms with van der Waals surface area (Å²) in [5, 5.41) is 2.04. The van der Waals surface area contributed by atoms with Crippen molar-refractivity contribution < 1.29 is 4.42 Å². The van der Waals surface area contributed by atoms with E-state index < -0.39 is 0 Å². The van der Waals surface area contributed by atoms with E-state index in [1.165, 1.54) is 12.8 Å². The van der Waals surface area contributed by atoms with Crippen LogP contribution in [0.5, 0.6) is 0 Å². The van der Waals surface area contributed by atoms with Crippen LogP contribution in [0.25, 0.3) is 10.8 Å². The molecule has 2 aromatic rings. The fraction of sp³-hybridized carbons (Fsp3) is 0.533. The molecular formula is C15H21N3OS. The van der Waals surface area contributed by atoms with Gasteiger partial charge in [-0.3, -0.25) is 4.90 Å². The van der Waals surface area contributed by atoms with Gasteiger partial charge in [-0.25, -0.2) is 4.98 Å². The van der Waals surface area contributed by atoms with E-state index in [9.17, 15) is 0 Å². The van der Waals surface area contributed by atoms with E-state index in [4.69, 9.17) is 10.2 Å². The lowest BCUT2D eigenvalue weighted by Crippen LogP contribution is -2.41. The van der Waals surface area contributed by atoms with Gasteiger partial charge in [0.2, 0.25) is 5.89 Å². The number of thiophene rings is 1. The maximum absolute atomic E-state index is 6.03. The van der Waals surface area contributed by atoms with Crippen LogP contribution in [0.1, 0.15) is 25.5 Å². The summed E-state index contributed by atoms with van der Waals surface area (Å²) in [6, 6.07) is 4.33. The van der Waals surface area contributed by atoms with Crippen LogP contribution in [-0.2, 0) is 6.54 Å².